The van der Waals surface area contributed by atoms with Crippen LogP contribution < -0.4 is 21.5 Å². The number of nitrogens with zero attached hydrogens (tertiary/aromatic N) is 1. The molecule has 0 heterocycles. The number of carbonyl (C=O) groups is 3. The van der Waals surface area contributed by atoms with E-state index < -0.39 is 11.9 Å². The first-order chi connectivity index (χ1) is 16.7. The highest BCUT2D eigenvalue weighted by Gasteiger charge is 2.12. The fourth-order valence-corrected chi connectivity index (χ4v) is 3.35. The number of benzene rings is 3. The van der Waals surface area contributed by atoms with Crippen LogP contribution in [0.2, 0.25) is 5.02 Å². The Hall–Kier alpha value is -4.37. The first kappa shape index (κ1) is 25.3. The van der Waals surface area contributed by atoms with Gasteiger partial charge in [-0.3, -0.25) is 4.79 Å². The number of amides is 1. The molecule has 0 aliphatic heterocycles. The number of carboxylic acid groups (broad SMARTS) is 1. The Kier molecular flexibility index (Phi) is 8.42. The Balaban J connectivity index is 1.50. The quantitative estimate of drug-likeness (QED) is 0.153. The second-order valence-corrected chi connectivity index (χ2v) is 7.91. The van der Waals surface area contributed by atoms with Gasteiger partial charge in [0, 0.05) is 18.0 Å². The number of halogens is 1. The van der Waals surface area contributed by atoms with Crippen LogP contribution in [0.15, 0.2) is 71.7 Å². The molecule has 0 bridgehead atoms. The van der Waals surface area contributed by atoms with Gasteiger partial charge in [-0.25, -0.2) is 14.6 Å². The summed E-state index contributed by atoms with van der Waals surface area (Å²) >= 11 is 6.32. The molecule has 0 atom stereocenters. The van der Waals surface area contributed by atoms with Gasteiger partial charge in [0.25, 0.3) is 0 Å². The summed E-state index contributed by atoms with van der Waals surface area (Å²) in [7, 11) is 0. The number of hydrogen-bond donors (Lipinski definition) is 4. The van der Waals surface area contributed by atoms with E-state index in [1.807, 2.05) is 0 Å². The van der Waals surface area contributed by atoms with Gasteiger partial charge in [0.1, 0.15) is 5.75 Å². The third kappa shape index (κ3) is 7.58. The molecule has 0 radical (unpaired) electrons. The van der Waals surface area contributed by atoms with Crippen LogP contribution in [0.1, 0.15) is 38.3 Å². The van der Waals surface area contributed by atoms with E-state index in [1.54, 1.807) is 48.5 Å². The van der Waals surface area contributed by atoms with Gasteiger partial charge in [0.05, 0.1) is 16.8 Å². The van der Waals surface area contributed by atoms with Crippen LogP contribution in [-0.4, -0.2) is 28.9 Å². The molecule has 0 saturated carbocycles. The number of guanidine groups is 1. The van der Waals surface area contributed by atoms with E-state index in [4.69, 9.17) is 32.9 Å². The lowest BCUT2D eigenvalue weighted by Gasteiger charge is -2.09. The van der Waals surface area contributed by atoms with Crippen molar-refractivity contribution in [2.75, 3.05) is 0 Å². The maximum absolute atomic E-state index is 12.4. The molecule has 0 unspecified atom stereocenters. The predicted octanol–water partition coefficient (Wildman–Crippen LogP) is 3.41. The van der Waals surface area contributed by atoms with Crippen LogP contribution in [0.5, 0.6) is 5.75 Å². The monoisotopic (exact) mass is 494 g/mol. The van der Waals surface area contributed by atoms with E-state index in [2.05, 4.69) is 10.3 Å². The van der Waals surface area contributed by atoms with Crippen LogP contribution in [-0.2, 0) is 17.8 Å². The minimum absolute atomic E-state index is 0.0835. The van der Waals surface area contributed by atoms with Crippen molar-refractivity contribution in [1.82, 2.24) is 5.32 Å². The lowest BCUT2D eigenvalue weighted by atomic mass is 10.1. The predicted molar refractivity (Wildman–Crippen MR) is 132 cm³/mol. The van der Waals surface area contributed by atoms with Crippen LogP contribution in [0.25, 0.3) is 0 Å². The van der Waals surface area contributed by atoms with Gasteiger partial charge < -0.3 is 26.6 Å². The van der Waals surface area contributed by atoms with Gasteiger partial charge in [-0.05, 0) is 66.1 Å². The Labute approximate surface area is 206 Å². The molecule has 1 amide bonds. The van der Waals surface area contributed by atoms with Gasteiger partial charge in [0.2, 0.25) is 5.91 Å². The van der Waals surface area contributed by atoms with Crippen LogP contribution in [0.4, 0.5) is 5.69 Å². The van der Waals surface area contributed by atoms with E-state index in [0.29, 0.717) is 22.7 Å². The summed E-state index contributed by atoms with van der Waals surface area (Å²) in [5.74, 6) is -1.56. The highest BCUT2D eigenvalue weighted by molar-refractivity contribution is 6.31. The number of carboxylic acids is 1. The molecule has 0 saturated heterocycles. The molecule has 0 aliphatic carbocycles. The van der Waals surface area contributed by atoms with Crippen LogP contribution in [0.3, 0.4) is 0 Å². The summed E-state index contributed by atoms with van der Waals surface area (Å²) in [6, 6.07) is 17.4. The van der Waals surface area contributed by atoms with Crippen molar-refractivity contribution in [1.29, 1.82) is 0 Å². The van der Waals surface area contributed by atoms with Gasteiger partial charge in [0.15, 0.2) is 5.96 Å². The number of aromatic carboxylic acids is 1. The minimum Gasteiger partial charge on any atom is -0.478 e. The summed E-state index contributed by atoms with van der Waals surface area (Å²) in [4.78, 5) is 39.3. The molecule has 0 fully saturated rings. The van der Waals surface area contributed by atoms with E-state index in [1.165, 1.54) is 18.2 Å². The van der Waals surface area contributed by atoms with Gasteiger partial charge >= 0.3 is 11.9 Å². The molecule has 35 heavy (non-hydrogen) atoms. The van der Waals surface area contributed by atoms with E-state index in [-0.39, 0.29) is 36.1 Å². The van der Waals surface area contributed by atoms with Gasteiger partial charge in [-0.2, -0.15) is 0 Å². The molecule has 3 aromatic carbocycles. The largest absolute Gasteiger partial charge is 0.478 e. The Morgan fingerprint density at radius 2 is 1.60 bits per heavy atom. The number of esters is 1. The first-order valence-electron chi connectivity index (χ1n) is 10.5. The van der Waals surface area contributed by atoms with E-state index in [0.717, 1.165) is 11.1 Å². The van der Waals surface area contributed by atoms with Gasteiger partial charge in [-0.1, -0.05) is 29.8 Å². The fraction of sp³-hybridized carbons (Fsp3) is 0.120. The lowest BCUT2D eigenvalue weighted by molar-refractivity contribution is -0.121. The average molecular weight is 495 g/mol. The third-order valence-electron chi connectivity index (χ3n) is 4.91. The summed E-state index contributed by atoms with van der Waals surface area (Å²) < 4.78 is 5.37. The number of nitrogens with two attached hydrogens (primary N) is 2. The normalized spacial score (nSPS) is 10.3. The van der Waals surface area contributed by atoms with Crippen LogP contribution in [0, 0.1) is 0 Å². The highest BCUT2D eigenvalue weighted by Crippen LogP contribution is 2.25. The molecule has 0 aromatic heterocycles. The molecule has 6 N–H and O–H groups in total. The number of ether oxygens (including phenoxy) is 1. The summed E-state index contributed by atoms with van der Waals surface area (Å²) in [5.41, 5.74) is 13.2. The molecule has 3 rings (SSSR count). The molecule has 3 aromatic rings. The molecular formula is C25H23ClN4O5. The number of rotatable bonds is 9. The third-order valence-corrected chi connectivity index (χ3v) is 5.26. The van der Waals surface area contributed by atoms with Crippen LogP contribution >= 0.6 is 11.6 Å². The van der Waals surface area contributed by atoms with E-state index >= 15 is 0 Å². The number of carbonyl (C=O) groups excluding carboxylic acids is 2. The van der Waals surface area contributed by atoms with E-state index in [9.17, 15) is 14.4 Å². The number of nitrogens with one attached hydrogen (secondary N) is 1. The fourth-order valence-electron chi connectivity index (χ4n) is 3.08. The van der Waals surface area contributed by atoms with Crippen molar-refractivity contribution < 1.29 is 24.2 Å². The highest BCUT2D eigenvalue weighted by atomic mass is 35.5. The second-order valence-electron chi connectivity index (χ2n) is 7.51. The smallest absolute Gasteiger partial charge is 0.343 e. The number of aliphatic imine (C=N–C) groups is 1. The molecule has 0 spiro atoms. The van der Waals surface area contributed by atoms with Gasteiger partial charge in [-0.15, -0.1) is 0 Å². The number of hydrogen-bond acceptors (Lipinski definition) is 5. The zero-order chi connectivity index (χ0) is 25.4. The Bertz CT molecular complexity index is 1250. The Morgan fingerprint density at radius 3 is 2.20 bits per heavy atom. The topological polar surface area (TPSA) is 157 Å². The maximum Gasteiger partial charge on any atom is 0.343 e. The summed E-state index contributed by atoms with van der Waals surface area (Å²) in [6.07, 6.45) is 0.595. The summed E-state index contributed by atoms with van der Waals surface area (Å²) in [6.45, 7) is 0.286. The van der Waals surface area contributed by atoms with Crippen molar-refractivity contribution in [3.05, 3.63) is 94.0 Å². The second kappa shape index (κ2) is 11.7. The maximum atomic E-state index is 12.4. The molecule has 180 valence electrons. The standard InChI is InChI=1S/C25H23ClN4O5/c26-21-13-20(35-24(34)18-5-9-19(10-6-18)30-25(27)28)11-7-16(21)8-12-22(31)29-14-15-1-3-17(4-2-15)23(32)33/h1-7,9-11,13H,8,12,14H2,(H,29,31)(H,32,33)(H4,27,28,30). The molecule has 9 nitrogen and oxygen atoms in total. The SMILES string of the molecule is NC(N)=Nc1ccc(C(=O)Oc2ccc(CCC(=O)NCc3ccc(C(=O)O)cc3)c(Cl)c2)cc1. The molecule has 10 heteroatoms. The summed E-state index contributed by atoms with van der Waals surface area (Å²) in [5, 5.41) is 12.1. The Morgan fingerprint density at radius 1 is 0.943 bits per heavy atom. The molecule has 0 aliphatic rings. The van der Waals surface area contributed by atoms with Crippen molar-refractivity contribution >= 4 is 41.1 Å². The zero-order valence-electron chi connectivity index (χ0n) is 18.5. The lowest BCUT2D eigenvalue weighted by Crippen LogP contribution is -2.23. The average Bonchev–Trinajstić information content (AvgIpc) is 2.82. The number of aryl methyl sites for hydroxylation is 1. The van der Waals surface area contributed by atoms with Crippen molar-refractivity contribution in [3.63, 3.8) is 0 Å². The van der Waals surface area contributed by atoms with Crippen molar-refractivity contribution in [2.24, 2.45) is 16.5 Å². The van der Waals surface area contributed by atoms with Crippen molar-refractivity contribution in [2.45, 2.75) is 19.4 Å². The van der Waals surface area contributed by atoms with Crippen molar-refractivity contribution in [3.8, 4) is 5.75 Å². The minimum atomic E-state index is -1.00. The molecular weight excluding hydrogens is 472 g/mol. The zero-order valence-corrected chi connectivity index (χ0v) is 19.3. The first-order valence-corrected chi connectivity index (χ1v) is 10.9.